The van der Waals surface area contributed by atoms with Crippen molar-refractivity contribution < 1.29 is 9.18 Å². The van der Waals surface area contributed by atoms with Crippen LogP contribution in [0, 0.1) is 5.82 Å². The molecule has 6 nitrogen and oxygen atoms in total. The second-order valence-electron chi connectivity index (χ2n) is 10.9. The number of carbonyl (C=O) groups is 1. The molecule has 6 rings (SSSR count). The van der Waals surface area contributed by atoms with Gasteiger partial charge in [0.05, 0.1) is 11.7 Å². The molecule has 228 valence electrons. The predicted octanol–water partition coefficient (Wildman–Crippen LogP) is 7.60. The van der Waals surface area contributed by atoms with Crippen molar-refractivity contribution in [1.82, 2.24) is 15.3 Å². The molecule has 1 fully saturated rings. The van der Waals surface area contributed by atoms with Crippen molar-refractivity contribution in [3.8, 4) is 0 Å². The predicted molar refractivity (Wildman–Crippen MR) is 181 cm³/mol. The summed E-state index contributed by atoms with van der Waals surface area (Å²) in [6.07, 6.45) is 0.693. The van der Waals surface area contributed by atoms with Crippen molar-refractivity contribution in [3.05, 3.63) is 148 Å². The molecule has 2 heterocycles. The van der Waals surface area contributed by atoms with E-state index in [1.165, 1.54) is 17.8 Å². The molecule has 1 aromatic heterocycles. The molecule has 0 radical (unpaired) electrons. The van der Waals surface area contributed by atoms with Gasteiger partial charge in [0.25, 0.3) is 5.91 Å². The van der Waals surface area contributed by atoms with E-state index in [-0.39, 0.29) is 17.8 Å². The summed E-state index contributed by atoms with van der Waals surface area (Å²) in [7, 11) is 0. The fourth-order valence-electron chi connectivity index (χ4n) is 5.48. The SMILES string of the molecule is O=C(NC(Cc1ccccc1)c1ccccc1)c1cccc(CSc2nc(Cl)cc(N3CCN(c4ccccc4F)CC3)n2)c1. The first-order valence-corrected chi connectivity index (χ1v) is 16.3. The molecule has 0 spiro atoms. The molecule has 1 N–H and O–H groups in total. The molecule has 1 atom stereocenters. The Balaban J connectivity index is 1.09. The monoisotopic (exact) mass is 637 g/mol. The number of nitrogens with one attached hydrogen (secondary N) is 1. The third-order valence-electron chi connectivity index (χ3n) is 7.80. The number of thioether (sulfide) groups is 1. The van der Waals surface area contributed by atoms with Crippen LogP contribution in [0.3, 0.4) is 0 Å². The average Bonchev–Trinajstić information content (AvgIpc) is 3.08. The van der Waals surface area contributed by atoms with Gasteiger partial charge in [-0.2, -0.15) is 0 Å². The highest BCUT2D eigenvalue weighted by Gasteiger charge is 2.22. The minimum Gasteiger partial charge on any atom is -0.366 e. The van der Waals surface area contributed by atoms with Crippen LogP contribution in [0.1, 0.15) is 33.1 Å². The molecule has 0 aliphatic carbocycles. The number of anilines is 2. The fourth-order valence-corrected chi connectivity index (χ4v) is 6.50. The normalized spacial score (nSPS) is 13.8. The van der Waals surface area contributed by atoms with Gasteiger partial charge < -0.3 is 15.1 Å². The van der Waals surface area contributed by atoms with E-state index in [1.807, 2.05) is 84.9 Å². The van der Waals surface area contributed by atoms with Gasteiger partial charge in [-0.15, -0.1) is 0 Å². The maximum absolute atomic E-state index is 14.3. The number of amides is 1. The quantitative estimate of drug-likeness (QED) is 0.0967. The minimum absolute atomic E-state index is 0.123. The maximum Gasteiger partial charge on any atom is 0.251 e. The molecule has 5 aromatic rings. The summed E-state index contributed by atoms with van der Waals surface area (Å²) in [5.74, 6) is 1.000. The van der Waals surface area contributed by atoms with Gasteiger partial charge in [-0.05, 0) is 47.4 Å². The summed E-state index contributed by atoms with van der Waals surface area (Å²) in [4.78, 5) is 26.9. The zero-order chi connectivity index (χ0) is 31.0. The Bertz CT molecular complexity index is 1730. The van der Waals surface area contributed by atoms with Crippen molar-refractivity contribution >= 4 is 40.8 Å². The zero-order valence-electron chi connectivity index (χ0n) is 24.7. The molecule has 45 heavy (non-hydrogen) atoms. The number of carbonyl (C=O) groups excluding carboxylic acids is 1. The Hall–Kier alpha value is -4.40. The van der Waals surface area contributed by atoms with E-state index < -0.39 is 0 Å². The first-order chi connectivity index (χ1) is 22.0. The molecular weight excluding hydrogens is 605 g/mol. The Kier molecular flexibility index (Phi) is 9.92. The van der Waals surface area contributed by atoms with Gasteiger partial charge in [-0.25, -0.2) is 14.4 Å². The Morgan fingerprint density at radius 3 is 2.22 bits per heavy atom. The number of rotatable bonds is 10. The lowest BCUT2D eigenvalue weighted by molar-refractivity contribution is 0.0936. The minimum atomic E-state index is -0.209. The summed E-state index contributed by atoms with van der Waals surface area (Å²) in [5, 5.41) is 4.19. The number of para-hydroxylation sites is 1. The average molecular weight is 638 g/mol. The molecule has 0 bridgehead atoms. The number of benzene rings is 4. The Labute approximate surface area is 272 Å². The number of nitrogens with zero attached hydrogens (tertiary/aromatic N) is 4. The van der Waals surface area contributed by atoms with E-state index in [1.54, 1.807) is 12.1 Å². The van der Waals surface area contributed by atoms with Gasteiger partial charge >= 0.3 is 0 Å². The van der Waals surface area contributed by atoms with Gasteiger partial charge in [0.15, 0.2) is 5.16 Å². The van der Waals surface area contributed by atoms with Gasteiger partial charge in [-0.3, -0.25) is 4.79 Å². The summed E-state index contributed by atoms with van der Waals surface area (Å²) in [6.45, 7) is 2.74. The van der Waals surface area contributed by atoms with Crippen molar-refractivity contribution in [2.45, 2.75) is 23.4 Å². The number of hydrogen-bond acceptors (Lipinski definition) is 6. The van der Waals surface area contributed by atoms with Crippen molar-refractivity contribution in [2.24, 2.45) is 0 Å². The first kappa shape index (κ1) is 30.6. The molecule has 1 aliphatic rings. The standard InChI is InChI=1S/C36H33ClFN5OS/c37-33-24-34(43-20-18-42(19-21-43)32-17-8-7-16-30(32)38)41-36(40-33)45-25-27-12-9-15-29(22-27)35(44)39-31(28-13-5-2-6-14-28)23-26-10-3-1-4-11-26/h1-17,22,24,31H,18-21,23,25H2,(H,39,44). The van der Waals surface area contributed by atoms with Gasteiger partial charge in [0, 0.05) is 43.6 Å². The molecule has 1 aliphatic heterocycles. The number of piperazine rings is 1. The smallest absolute Gasteiger partial charge is 0.251 e. The second kappa shape index (κ2) is 14.6. The van der Waals surface area contributed by atoms with Crippen LogP contribution >= 0.6 is 23.4 Å². The van der Waals surface area contributed by atoms with Crippen molar-refractivity contribution in [2.75, 3.05) is 36.0 Å². The molecule has 1 amide bonds. The third kappa shape index (κ3) is 8.01. The van der Waals surface area contributed by atoms with Crippen LogP contribution in [0.5, 0.6) is 0 Å². The highest BCUT2D eigenvalue weighted by Crippen LogP contribution is 2.27. The number of hydrogen-bond donors (Lipinski definition) is 1. The summed E-state index contributed by atoms with van der Waals surface area (Å²) in [6, 6.07) is 36.4. The first-order valence-electron chi connectivity index (χ1n) is 14.9. The lowest BCUT2D eigenvalue weighted by atomic mass is 9.98. The molecule has 0 saturated carbocycles. The number of halogens is 2. The van der Waals surface area contributed by atoms with Crippen molar-refractivity contribution in [1.29, 1.82) is 0 Å². The van der Waals surface area contributed by atoms with Crippen LogP contribution in [0.4, 0.5) is 15.9 Å². The van der Waals surface area contributed by atoms with E-state index >= 15 is 0 Å². The zero-order valence-corrected chi connectivity index (χ0v) is 26.2. The lowest BCUT2D eigenvalue weighted by Gasteiger charge is -2.36. The summed E-state index contributed by atoms with van der Waals surface area (Å²) >= 11 is 7.89. The topological polar surface area (TPSA) is 61.4 Å². The Morgan fingerprint density at radius 2 is 1.47 bits per heavy atom. The molecular formula is C36H33ClFN5OS. The van der Waals surface area contributed by atoms with E-state index in [4.69, 9.17) is 16.6 Å². The van der Waals surface area contributed by atoms with Crippen LogP contribution in [0.25, 0.3) is 0 Å². The van der Waals surface area contributed by atoms with E-state index in [2.05, 4.69) is 32.2 Å². The van der Waals surface area contributed by atoms with Crippen molar-refractivity contribution in [3.63, 3.8) is 0 Å². The van der Waals surface area contributed by atoms with E-state index in [0.717, 1.165) is 22.5 Å². The van der Waals surface area contributed by atoms with E-state index in [9.17, 15) is 9.18 Å². The summed E-state index contributed by atoms with van der Waals surface area (Å²) in [5.41, 5.74) is 4.42. The lowest BCUT2D eigenvalue weighted by Crippen LogP contribution is -2.47. The highest BCUT2D eigenvalue weighted by atomic mass is 35.5. The summed E-state index contributed by atoms with van der Waals surface area (Å²) < 4.78 is 14.3. The van der Waals surface area contributed by atoms with Gasteiger partial charge in [0.1, 0.15) is 16.8 Å². The molecule has 1 unspecified atom stereocenters. The van der Waals surface area contributed by atoms with Crippen LogP contribution in [-0.4, -0.2) is 42.1 Å². The fraction of sp³-hybridized carbons (Fsp3) is 0.194. The third-order valence-corrected chi connectivity index (χ3v) is 8.92. The van der Waals surface area contributed by atoms with Crippen LogP contribution < -0.4 is 15.1 Å². The van der Waals surface area contributed by atoms with Crippen LogP contribution in [-0.2, 0) is 12.2 Å². The molecule has 9 heteroatoms. The van der Waals surface area contributed by atoms with E-state index in [0.29, 0.717) is 59.9 Å². The second-order valence-corrected chi connectivity index (χ2v) is 12.2. The Morgan fingerprint density at radius 1 is 0.800 bits per heavy atom. The maximum atomic E-state index is 14.3. The van der Waals surface area contributed by atoms with Crippen LogP contribution in [0.15, 0.2) is 120 Å². The largest absolute Gasteiger partial charge is 0.366 e. The molecule has 4 aromatic carbocycles. The number of aromatic nitrogens is 2. The van der Waals surface area contributed by atoms with Gasteiger partial charge in [-0.1, -0.05) is 108 Å². The van der Waals surface area contributed by atoms with Gasteiger partial charge in [0.2, 0.25) is 0 Å². The molecule has 1 saturated heterocycles. The highest BCUT2D eigenvalue weighted by molar-refractivity contribution is 7.98. The van der Waals surface area contributed by atoms with Crippen LogP contribution in [0.2, 0.25) is 5.15 Å².